The van der Waals surface area contributed by atoms with Gasteiger partial charge in [-0.1, -0.05) is 27.7 Å². The second-order valence-electron chi connectivity index (χ2n) is 4.43. The molecule has 0 spiro atoms. The van der Waals surface area contributed by atoms with Gasteiger partial charge in [-0.2, -0.15) is 9.36 Å². The minimum absolute atomic E-state index is 0.246. The van der Waals surface area contributed by atoms with Gasteiger partial charge in [0.1, 0.15) is 12.4 Å². The van der Waals surface area contributed by atoms with Crippen LogP contribution < -0.4 is 10.5 Å². The van der Waals surface area contributed by atoms with E-state index in [9.17, 15) is 0 Å². The Labute approximate surface area is 101 Å². The maximum atomic E-state index is 6.14. The Morgan fingerprint density at radius 1 is 1.38 bits per heavy atom. The fourth-order valence-corrected chi connectivity index (χ4v) is 1.84. The summed E-state index contributed by atoms with van der Waals surface area (Å²) in [4.78, 5) is 4.31. The first kappa shape index (κ1) is 13.4. The van der Waals surface area contributed by atoms with Gasteiger partial charge in [-0.15, -0.1) is 0 Å². The van der Waals surface area contributed by atoms with Crippen molar-refractivity contribution in [3.05, 3.63) is 5.82 Å². The smallest absolute Gasteiger partial charge is 0.293 e. The van der Waals surface area contributed by atoms with E-state index in [4.69, 9.17) is 10.5 Å². The van der Waals surface area contributed by atoms with Crippen molar-refractivity contribution in [1.82, 2.24) is 9.36 Å². The second kappa shape index (κ2) is 5.59. The Morgan fingerprint density at radius 3 is 2.44 bits per heavy atom. The lowest BCUT2D eigenvalue weighted by Gasteiger charge is -2.25. The standard InChI is InChI=1S/C11H21N3OS/c1-5-11(12,6-2)7-15-10-13-9(8(3)4)14-16-10/h8H,5-7,12H2,1-4H3. The van der Waals surface area contributed by atoms with Crippen LogP contribution in [-0.4, -0.2) is 21.5 Å². The lowest BCUT2D eigenvalue weighted by molar-refractivity contribution is 0.206. The monoisotopic (exact) mass is 243 g/mol. The molecule has 16 heavy (non-hydrogen) atoms. The average molecular weight is 243 g/mol. The number of nitrogens with zero attached hydrogens (tertiary/aromatic N) is 2. The quantitative estimate of drug-likeness (QED) is 0.834. The molecule has 0 aliphatic rings. The molecule has 0 saturated carbocycles. The maximum Gasteiger partial charge on any atom is 0.293 e. The van der Waals surface area contributed by atoms with Crippen molar-refractivity contribution in [2.45, 2.75) is 52.0 Å². The largest absolute Gasteiger partial charge is 0.467 e. The predicted molar refractivity (Wildman–Crippen MR) is 67.0 cm³/mol. The minimum Gasteiger partial charge on any atom is -0.467 e. The predicted octanol–water partition coefficient (Wildman–Crippen LogP) is 2.56. The molecule has 5 heteroatoms. The first-order valence-electron chi connectivity index (χ1n) is 5.76. The van der Waals surface area contributed by atoms with Gasteiger partial charge in [-0.25, -0.2) is 0 Å². The molecular weight excluding hydrogens is 222 g/mol. The van der Waals surface area contributed by atoms with Crippen LogP contribution in [0.15, 0.2) is 0 Å². The maximum absolute atomic E-state index is 6.14. The summed E-state index contributed by atoms with van der Waals surface area (Å²) in [6.07, 6.45) is 1.80. The second-order valence-corrected chi connectivity index (χ2v) is 5.15. The molecule has 0 aliphatic heterocycles. The highest BCUT2D eigenvalue weighted by atomic mass is 32.1. The molecule has 0 aromatic carbocycles. The highest BCUT2D eigenvalue weighted by molar-refractivity contribution is 7.07. The summed E-state index contributed by atoms with van der Waals surface area (Å²) in [6, 6.07) is 0. The Hall–Kier alpha value is -0.680. The summed E-state index contributed by atoms with van der Waals surface area (Å²) >= 11 is 1.30. The highest BCUT2D eigenvalue weighted by Gasteiger charge is 2.22. The van der Waals surface area contributed by atoms with E-state index in [-0.39, 0.29) is 5.54 Å². The molecule has 92 valence electrons. The van der Waals surface area contributed by atoms with Crippen molar-refractivity contribution in [2.24, 2.45) is 5.73 Å². The first-order valence-corrected chi connectivity index (χ1v) is 6.53. The van der Waals surface area contributed by atoms with Crippen molar-refractivity contribution < 1.29 is 4.74 Å². The Morgan fingerprint density at radius 2 is 2.00 bits per heavy atom. The van der Waals surface area contributed by atoms with Gasteiger partial charge in [0.15, 0.2) is 0 Å². The molecule has 0 fully saturated rings. The van der Waals surface area contributed by atoms with E-state index in [0.29, 0.717) is 17.7 Å². The third kappa shape index (κ3) is 3.42. The fourth-order valence-electron chi connectivity index (χ4n) is 1.17. The summed E-state index contributed by atoms with van der Waals surface area (Å²) in [7, 11) is 0. The number of hydrogen-bond donors (Lipinski definition) is 1. The molecule has 1 rings (SSSR count). The summed E-state index contributed by atoms with van der Waals surface area (Å²) in [5.74, 6) is 1.18. The van der Waals surface area contributed by atoms with E-state index in [1.54, 1.807) is 0 Å². The van der Waals surface area contributed by atoms with Crippen LogP contribution in [0.1, 0.15) is 52.3 Å². The number of aromatic nitrogens is 2. The molecule has 1 aromatic rings. The number of nitrogens with two attached hydrogens (primary N) is 1. The Kier molecular flexibility index (Phi) is 4.68. The Balaban J connectivity index is 2.54. The number of ether oxygens (including phenoxy) is 1. The molecule has 0 radical (unpaired) electrons. The highest BCUT2D eigenvalue weighted by Crippen LogP contribution is 2.21. The third-order valence-electron chi connectivity index (χ3n) is 2.83. The minimum atomic E-state index is -0.246. The molecule has 0 bridgehead atoms. The molecule has 0 saturated heterocycles. The van der Waals surface area contributed by atoms with E-state index in [1.165, 1.54) is 11.5 Å². The van der Waals surface area contributed by atoms with Crippen LogP contribution in [0.2, 0.25) is 0 Å². The van der Waals surface area contributed by atoms with E-state index >= 15 is 0 Å². The lowest BCUT2D eigenvalue weighted by atomic mass is 9.96. The van der Waals surface area contributed by atoms with Gasteiger partial charge >= 0.3 is 0 Å². The van der Waals surface area contributed by atoms with Crippen LogP contribution in [0.4, 0.5) is 0 Å². The van der Waals surface area contributed by atoms with Gasteiger partial charge in [0.2, 0.25) is 0 Å². The average Bonchev–Trinajstić information content (AvgIpc) is 2.75. The van der Waals surface area contributed by atoms with E-state index in [0.717, 1.165) is 18.7 Å². The van der Waals surface area contributed by atoms with Gasteiger partial charge in [0.25, 0.3) is 5.19 Å². The van der Waals surface area contributed by atoms with Crippen LogP contribution in [0.3, 0.4) is 0 Å². The van der Waals surface area contributed by atoms with Gasteiger partial charge < -0.3 is 10.5 Å². The van der Waals surface area contributed by atoms with Crippen LogP contribution in [0.25, 0.3) is 0 Å². The van der Waals surface area contributed by atoms with Crippen LogP contribution in [-0.2, 0) is 0 Å². The molecule has 1 aromatic heterocycles. The molecule has 0 atom stereocenters. The van der Waals surface area contributed by atoms with Gasteiger partial charge in [-0.05, 0) is 12.8 Å². The molecule has 2 N–H and O–H groups in total. The van der Waals surface area contributed by atoms with Crippen molar-refractivity contribution in [2.75, 3.05) is 6.61 Å². The molecule has 1 heterocycles. The Bertz CT molecular complexity index is 321. The SMILES string of the molecule is CCC(N)(CC)COc1nc(C(C)C)ns1. The zero-order valence-electron chi connectivity index (χ0n) is 10.5. The van der Waals surface area contributed by atoms with Crippen LogP contribution >= 0.6 is 11.5 Å². The zero-order chi connectivity index (χ0) is 12.2. The number of hydrogen-bond acceptors (Lipinski definition) is 5. The normalized spacial score (nSPS) is 12.1. The molecule has 4 nitrogen and oxygen atoms in total. The summed E-state index contributed by atoms with van der Waals surface area (Å²) < 4.78 is 9.84. The van der Waals surface area contributed by atoms with Crippen molar-refractivity contribution >= 4 is 11.5 Å². The van der Waals surface area contributed by atoms with Gasteiger partial charge in [0, 0.05) is 23.0 Å². The molecule has 0 aliphatic carbocycles. The van der Waals surface area contributed by atoms with E-state index in [1.807, 2.05) is 0 Å². The fraction of sp³-hybridized carbons (Fsp3) is 0.818. The van der Waals surface area contributed by atoms with Crippen molar-refractivity contribution in [3.8, 4) is 5.19 Å². The topological polar surface area (TPSA) is 61.0 Å². The summed E-state index contributed by atoms with van der Waals surface area (Å²) in [5.41, 5.74) is 5.90. The van der Waals surface area contributed by atoms with E-state index < -0.39 is 0 Å². The van der Waals surface area contributed by atoms with Crippen molar-refractivity contribution in [1.29, 1.82) is 0 Å². The molecule has 0 amide bonds. The van der Waals surface area contributed by atoms with Gasteiger partial charge in [0.05, 0.1) is 0 Å². The first-order chi connectivity index (χ1) is 7.50. The van der Waals surface area contributed by atoms with Crippen LogP contribution in [0.5, 0.6) is 5.19 Å². The third-order valence-corrected chi connectivity index (χ3v) is 3.47. The lowest BCUT2D eigenvalue weighted by Crippen LogP contribution is -2.44. The van der Waals surface area contributed by atoms with E-state index in [2.05, 4.69) is 37.1 Å². The molecular formula is C11H21N3OS. The summed E-state index contributed by atoms with van der Waals surface area (Å²) in [5, 5.41) is 0.625. The van der Waals surface area contributed by atoms with Crippen LogP contribution in [0, 0.1) is 0 Å². The van der Waals surface area contributed by atoms with Gasteiger partial charge in [-0.3, -0.25) is 0 Å². The zero-order valence-corrected chi connectivity index (χ0v) is 11.3. The van der Waals surface area contributed by atoms with Crippen molar-refractivity contribution in [3.63, 3.8) is 0 Å². The number of rotatable bonds is 6. The summed E-state index contributed by atoms with van der Waals surface area (Å²) in [6.45, 7) is 8.79. The molecule has 0 unspecified atom stereocenters.